The van der Waals surface area contributed by atoms with E-state index in [9.17, 15) is 0 Å². The fourth-order valence-corrected chi connectivity index (χ4v) is 3.99. The molecule has 0 fully saturated rings. The fourth-order valence-electron chi connectivity index (χ4n) is 2.88. The highest BCUT2D eigenvalue weighted by molar-refractivity contribution is 7.98. The Hall–Kier alpha value is -1.21. The van der Waals surface area contributed by atoms with E-state index in [4.69, 9.17) is 0 Å². The lowest BCUT2D eigenvalue weighted by atomic mass is 9.81. The SMILES string of the molecule is CC.CC(C)[C@H]1c2ccccc2CSc2ccccc21. The maximum Gasteiger partial charge on any atom is 0.0235 e. The minimum atomic E-state index is 0.535. The highest BCUT2D eigenvalue weighted by Gasteiger charge is 2.25. The summed E-state index contributed by atoms with van der Waals surface area (Å²) in [5.41, 5.74) is 4.52. The summed E-state index contributed by atoms with van der Waals surface area (Å²) in [6.45, 7) is 8.66. The highest BCUT2D eigenvalue weighted by Crippen LogP contribution is 2.43. The maximum atomic E-state index is 2.33. The second-order valence-electron chi connectivity index (χ2n) is 5.25. The summed E-state index contributed by atoms with van der Waals surface area (Å²) in [5.74, 6) is 2.26. The van der Waals surface area contributed by atoms with Crippen LogP contribution in [0.15, 0.2) is 53.4 Å². The molecule has 1 aliphatic rings. The Morgan fingerprint density at radius 2 is 1.50 bits per heavy atom. The van der Waals surface area contributed by atoms with Gasteiger partial charge < -0.3 is 0 Å². The molecule has 0 spiro atoms. The molecule has 0 amide bonds. The lowest BCUT2D eigenvalue weighted by Crippen LogP contribution is -2.10. The molecule has 2 aromatic carbocycles. The number of fused-ring (bicyclic) bond motifs is 2. The molecule has 3 rings (SSSR count). The smallest absolute Gasteiger partial charge is 0.0235 e. The Bertz CT molecular complexity index is 510. The Morgan fingerprint density at radius 1 is 0.900 bits per heavy atom. The molecule has 0 nitrogen and oxygen atoms in total. The van der Waals surface area contributed by atoms with E-state index in [0.717, 1.165) is 5.75 Å². The third kappa shape index (κ3) is 2.93. The van der Waals surface area contributed by atoms with E-state index in [1.54, 1.807) is 0 Å². The first-order valence-corrected chi connectivity index (χ1v) is 8.55. The zero-order valence-corrected chi connectivity index (χ0v) is 13.7. The van der Waals surface area contributed by atoms with Gasteiger partial charge in [0.1, 0.15) is 0 Å². The Morgan fingerprint density at radius 3 is 2.20 bits per heavy atom. The lowest BCUT2D eigenvalue weighted by molar-refractivity contribution is 0.556. The summed E-state index contributed by atoms with van der Waals surface area (Å²) < 4.78 is 0. The minimum absolute atomic E-state index is 0.535. The molecule has 0 saturated heterocycles. The monoisotopic (exact) mass is 284 g/mol. The molecule has 106 valence electrons. The molecule has 0 N–H and O–H groups in total. The lowest BCUT2D eigenvalue weighted by Gasteiger charge is -2.23. The summed E-state index contributed by atoms with van der Waals surface area (Å²) in [7, 11) is 0. The molecule has 20 heavy (non-hydrogen) atoms. The molecular formula is C19H24S. The van der Waals surface area contributed by atoms with Crippen LogP contribution in [-0.2, 0) is 5.75 Å². The molecule has 0 saturated carbocycles. The van der Waals surface area contributed by atoms with Crippen molar-refractivity contribution in [2.75, 3.05) is 0 Å². The fraction of sp³-hybridized carbons (Fsp3) is 0.368. The molecule has 0 unspecified atom stereocenters. The minimum Gasteiger partial charge on any atom is -0.121 e. The third-order valence-corrected chi connectivity index (χ3v) is 4.83. The van der Waals surface area contributed by atoms with Gasteiger partial charge in [0.2, 0.25) is 0 Å². The van der Waals surface area contributed by atoms with E-state index < -0.39 is 0 Å². The van der Waals surface area contributed by atoms with Gasteiger partial charge in [0, 0.05) is 16.6 Å². The molecular weight excluding hydrogens is 260 g/mol. The van der Waals surface area contributed by atoms with Crippen molar-refractivity contribution < 1.29 is 0 Å². The van der Waals surface area contributed by atoms with Gasteiger partial charge in [0.05, 0.1) is 0 Å². The largest absolute Gasteiger partial charge is 0.121 e. The molecule has 2 aromatic rings. The predicted molar refractivity (Wildman–Crippen MR) is 90.5 cm³/mol. The Labute approximate surface area is 127 Å². The van der Waals surface area contributed by atoms with Crippen molar-refractivity contribution >= 4 is 11.8 Å². The van der Waals surface area contributed by atoms with E-state index in [1.165, 1.54) is 21.6 Å². The van der Waals surface area contributed by atoms with Gasteiger partial charge in [0.15, 0.2) is 0 Å². The van der Waals surface area contributed by atoms with Crippen molar-refractivity contribution in [2.45, 2.75) is 44.3 Å². The molecule has 1 atom stereocenters. The van der Waals surface area contributed by atoms with Gasteiger partial charge in [-0.1, -0.05) is 70.2 Å². The average Bonchev–Trinajstić information content (AvgIpc) is 2.66. The van der Waals surface area contributed by atoms with Crippen LogP contribution in [0.25, 0.3) is 0 Å². The first-order valence-electron chi connectivity index (χ1n) is 7.57. The van der Waals surface area contributed by atoms with E-state index >= 15 is 0 Å². The molecule has 1 aliphatic heterocycles. The van der Waals surface area contributed by atoms with Crippen LogP contribution in [0.4, 0.5) is 0 Å². The number of thioether (sulfide) groups is 1. The van der Waals surface area contributed by atoms with Gasteiger partial charge in [-0.15, -0.1) is 11.8 Å². The van der Waals surface area contributed by atoms with Crippen LogP contribution in [0.1, 0.15) is 50.3 Å². The van der Waals surface area contributed by atoms with Crippen LogP contribution in [-0.4, -0.2) is 0 Å². The summed E-state index contributed by atoms with van der Waals surface area (Å²) in [6.07, 6.45) is 0. The zero-order valence-electron chi connectivity index (χ0n) is 12.9. The summed E-state index contributed by atoms with van der Waals surface area (Å²) in [6, 6.07) is 17.8. The van der Waals surface area contributed by atoms with Crippen molar-refractivity contribution in [1.82, 2.24) is 0 Å². The molecule has 0 bridgehead atoms. The zero-order chi connectivity index (χ0) is 14.5. The first-order chi connectivity index (χ1) is 9.77. The van der Waals surface area contributed by atoms with Crippen molar-refractivity contribution in [3.05, 3.63) is 65.2 Å². The normalized spacial score (nSPS) is 16.6. The molecule has 0 radical (unpaired) electrons. The van der Waals surface area contributed by atoms with Crippen LogP contribution in [0.5, 0.6) is 0 Å². The summed E-state index contributed by atoms with van der Waals surface area (Å²) >= 11 is 1.97. The van der Waals surface area contributed by atoms with E-state index in [0.29, 0.717) is 11.8 Å². The Kier molecular flexibility index (Phi) is 5.31. The topological polar surface area (TPSA) is 0 Å². The van der Waals surface area contributed by atoms with Crippen LogP contribution >= 0.6 is 11.8 Å². The van der Waals surface area contributed by atoms with Crippen LogP contribution in [0, 0.1) is 5.92 Å². The van der Waals surface area contributed by atoms with Gasteiger partial charge in [-0.2, -0.15) is 0 Å². The standard InChI is InChI=1S/C17H18S.C2H6/c1-12(2)17-14-8-4-3-7-13(14)11-18-16-10-6-5-9-15(16)17;1-2/h3-10,12,17H,11H2,1-2H3;1-2H3/t17-;/m0./s1. The van der Waals surface area contributed by atoms with Gasteiger partial charge >= 0.3 is 0 Å². The van der Waals surface area contributed by atoms with Crippen molar-refractivity contribution in [2.24, 2.45) is 5.92 Å². The first kappa shape index (κ1) is 15.2. The molecule has 1 heteroatoms. The third-order valence-electron chi connectivity index (χ3n) is 3.69. The average molecular weight is 284 g/mol. The highest BCUT2D eigenvalue weighted by atomic mass is 32.2. The maximum absolute atomic E-state index is 2.33. The van der Waals surface area contributed by atoms with E-state index in [1.807, 2.05) is 25.6 Å². The number of hydrogen-bond donors (Lipinski definition) is 0. The van der Waals surface area contributed by atoms with Gasteiger partial charge in [0.25, 0.3) is 0 Å². The van der Waals surface area contributed by atoms with Crippen molar-refractivity contribution in [3.63, 3.8) is 0 Å². The van der Waals surface area contributed by atoms with Gasteiger partial charge in [-0.3, -0.25) is 0 Å². The number of hydrogen-bond acceptors (Lipinski definition) is 1. The molecule has 1 heterocycles. The molecule has 0 aliphatic carbocycles. The van der Waals surface area contributed by atoms with Gasteiger partial charge in [-0.25, -0.2) is 0 Å². The molecule has 0 aromatic heterocycles. The van der Waals surface area contributed by atoms with Crippen molar-refractivity contribution in [1.29, 1.82) is 0 Å². The Balaban J connectivity index is 0.000000704. The second-order valence-corrected chi connectivity index (χ2v) is 6.26. The van der Waals surface area contributed by atoms with Crippen LogP contribution in [0.3, 0.4) is 0 Å². The number of rotatable bonds is 1. The van der Waals surface area contributed by atoms with E-state index in [-0.39, 0.29) is 0 Å². The number of benzene rings is 2. The van der Waals surface area contributed by atoms with Crippen molar-refractivity contribution in [3.8, 4) is 0 Å². The van der Waals surface area contributed by atoms with Crippen LogP contribution in [0.2, 0.25) is 0 Å². The summed E-state index contributed by atoms with van der Waals surface area (Å²) in [5, 5.41) is 0. The summed E-state index contributed by atoms with van der Waals surface area (Å²) in [4.78, 5) is 1.45. The van der Waals surface area contributed by atoms with E-state index in [2.05, 4.69) is 62.4 Å². The quantitative estimate of drug-likeness (QED) is 0.609. The van der Waals surface area contributed by atoms with Gasteiger partial charge in [-0.05, 0) is 28.7 Å². The van der Waals surface area contributed by atoms with Crippen LogP contribution < -0.4 is 0 Å². The predicted octanol–water partition coefficient (Wildman–Crippen LogP) is 6.11. The second kappa shape index (κ2) is 6.99.